The fourth-order valence-corrected chi connectivity index (χ4v) is 2.99. The zero-order valence-electron chi connectivity index (χ0n) is 14.9. The van der Waals surface area contributed by atoms with E-state index in [1.807, 2.05) is 11.9 Å². The normalized spacial score (nSPS) is 15.1. The van der Waals surface area contributed by atoms with Crippen LogP contribution in [0, 0.1) is 0 Å². The van der Waals surface area contributed by atoms with Crippen molar-refractivity contribution in [2.75, 3.05) is 20.8 Å². The lowest BCUT2D eigenvalue weighted by molar-refractivity contribution is -0.127. The highest BCUT2D eigenvalue weighted by molar-refractivity contribution is 5.91. The second kappa shape index (κ2) is 9.11. The molecule has 0 aliphatic heterocycles. The Morgan fingerprint density at radius 1 is 1.24 bits per heavy atom. The van der Waals surface area contributed by atoms with Gasteiger partial charge in [0, 0.05) is 19.2 Å². The van der Waals surface area contributed by atoms with E-state index >= 15 is 0 Å². The smallest absolute Gasteiger partial charge is 0.255 e. The number of hydrogen-bond donors (Lipinski definition) is 1. The van der Waals surface area contributed by atoms with Gasteiger partial charge < -0.3 is 20.1 Å². The molecule has 2 rings (SSSR count). The number of carbonyl (C=O) groups is 2. The summed E-state index contributed by atoms with van der Waals surface area (Å²) in [6.07, 6.45) is 9.13. The van der Waals surface area contributed by atoms with E-state index in [1.54, 1.807) is 30.4 Å². The van der Waals surface area contributed by atoms with Gasteiger partial charge in [-0.25, -0.2) is 0 Å². The number of likely N-dealkylation sites (N-methyl/N-ethyl adjacent to an activating group) is 1. The number of hydrogen-bond acceptors (Lipinski definition) is 4. The van der Waals surface area contributed by atoms with Gasteiger partial charge in [0.25, 0.3) is 5.91 Å². The predicted molar refractivity (Wildman–Crippen MR) is 96.4 cm³/mol. The Balaban J connectivity index is 2.01. The minimum atomic E-state index is -0.553. The molecule has 1 saturated carbocycles. The van der Waals surface area contributed by atoms with Crippen molar-refractivity contribution in [1.29, 1.82) is 0 Å². The molecule has 25 heavy (non-hydrogen) atoms. The maximum Gasteiger partial charge on any atom is 0.255 e. The standard InChI is InChI=1S/C19H26N2O4/c1-21(15-6-4-3-5-7-15)19(23)11-9-14-8-10-16(17(12-14)24-2)25-13-18(20)22/h8-12,15H,3-7,13H2,1-2H3,(H2,20,22)/b11-9-. The van der Waals surface area contributed by atoms with E-state index in [0.29, 0.717) is 17.5 Å². The summed E-state index contributed by atoms with van der Waals surface area (Å²) in [6.45, 7) is -0.212. The van der Waals surface area contributed by atoms with Crippen LogP contribution in [0.15, 0.2) is 24.3 Å². The number of nitrogens with two attached hydrogens (primary N) is 1. The molecule has 0 atom stereocenters. The van der Waals surface area contributed by atoms with Gasteiger partial charge in [-0.05, 0) is 36.6 Å². The molecular weight excluding hydrogens is 320 g/mol. The van der Waals surface area contributed by atoms with Crippen molar-refractivity contribution in [2.24, 2.45) is 5.73 Å². The lowest BCUT2D eigenvalue weighted by Gasteiger charge is -2.30. The SMILES string of the molecule is COc1cc(/C=C\C(=O)N(C)C2CCCCC2)ccc1OCC(N)=O. The number of carbonyl (C=O) groups excluding carboxylic acids is 2. The molecule has 0 unspecified atom stereocenters. The third-order valence-electron chi connectivity index (χ3n) is 4.45. The van der Waals surface area contributed by atoms with Crippen LogP contribution in [-0.2, 0) is 9.59 Å². The van der Waals surface area contributed by atoms with Crippen LogP contribution in [0.3, 0.4) is 0 Å². The maximum atomic E-state index is 12.3. The van der Waals surface area contributed by atoms with Crippen LogP contribution >= 0.6 is 0 Å². The highest BCUT2D eigenvalue weighted by Crippen LogP contribution is 2.28. The lowest BCUT2D eigenvalue weighted by Crippen LogP contribution is -2.37. The van der Waals surface area contributed by atoms with Gasteiger partial charge in [0.2, 0.25) is 5.91 Å². The third-order valence-corrected chi connectivity index (χ3v) is 4.45. The summed E-state index contributed by atoms with van der Waals surface area (Å²) in [5, 5.41) is 0. The number of nitrogens with zero attached hydrogens (tertiary/aromatic N) is 1. The lowest BCUT2D eigenvalue weighted by atomic mass is 9.94. The molecule has 2 amide bonds. The number of primary amides is 1. The van der Waals surface area contributed by atoms with Crippen LogP contribution in [0.2, 0.25) is 0 Å². The second-order valence-corrected chi connectivity index (χ2v) is 6.24. The number of amides is 2. The number of methoxy groups -OCH3 is 1. The van der Waals surface area contributed by atoms with Crippen molar-refractivity contribution in [3.05, 3.63) is 29.8 Å². The average Bonchev–Trinajstić information content (AvgIpc) is 2.64. The van der Waals surface area contributed by atoms with Crippen molar-refractivity contribution in [2.45, 2.75) is 38.1 Å². The molecule has 6 nitrogen and oxygen atoms in total. The van der Waals surface area contributed by atoms with E-state index in [9.17, 15) is 9.59 Å². The average molecular weight is 346 g/mol. The van der Waals surface area contributed by atoms with Gasteiger partial charge in [-0.15, -0.1) is 0 Å². The Morgan fingerprint density at radius 2 is 1.96 bits per heavy atom. The van der Waals surface area contributed by atoms with Gasteiger partial charge in [-0.2, -0.15) is 0 Å². The van der Waals surface area contributed by atoms with Crippen molar-refractivity contribution in [3.63, 3.8) is 0 Å². The Labute approximate surface area is 148 Å². The fraction of sp³-hybridized carbons (Fsp3) is 0.474. The minimum Gasteiger partial charge on any atom is -0.493 e. The molecule has 2 N–H and O–H groups in total. The second-order valence-electron chi connectivity index (χ2n) is 6.24. The molecule has 1 aromatic rings. The topological polar surface area (TPSA) is 81.9 Å². The first-order valence-corrected chi connectivity index (χ1v) is 8.55. The highest BCUT2D eigenvalue weighted by Gasteiger charge is 2.20. The Hall–Kier alpha value is -2.50. The van der Waals surface area contributed by atoms with Gasteiger partial charge in [-0.3, -0.25) is 9.59 Å². The maximum absolute atomic E-state index is 12.3. The number of rotatable bonds is 7. The summed E-state index contributed by atoms with van der Waals surface area (Å²) < 4.78 is 10.6. The Morgan fingerprint density at radius 3 is 2.60 bits per heavy atom. The molecule has 1 aliphatic rings. The van der Waals surface area contributed by atoms with E-state index in [-0.39, 0.29) is 12.5 Å². The molecule has 0 heterocycles. The molecule has 1 fully saturated rings. The summed E-state index contributed by atoms with van der Waals surface area (Å²) in [4.78, 5) is 25.0. The zero-order valence-corrected chi connectivity index (χ0v) is 14.9. The first kappa shape index (κ1) is 18.8. The van der Waals surface area contributed by atoms with Crippen molar-refractivity contribution in [3.8, 4) is 11.5 Å². The molecule has 6 heteroatoms. The molecule has 0 radical (unpaired) electrons. The van der Waals surface area contributed by atoms with Crippen LogP contribution < -0.4 is 15.2 Å². The van der Waals surface area contributed by atoms with Gasteiger partial charge in [-0.1, -0.05) is 25.3 Å². The van der Waals surface area contributed by atoms with Gasteiger partial charge >= 0.3 is 0 Å². The molecule has 0 bridgehead atoms. The molecule has 0 saturated heterocycles. The molecule has 136 valence electrons. The van der Waals surface area contributed by atoms with Crippen LogP contribution in [0.25, 0.3) is 6.08 Å². The van der Waals surface area contributed by atoms with Crippen molar-refractivity contribution in [1.82, 2.24) is 4.90 Å². The first-order chi connectivity index (χ1) is 12.0. The van der Waals surface area contributed by atoms with Crippen LogP contribution in [0.5, 0.6) is 11.5 Å². The minimum absolute atomic E-state index is 0.0000724. The molecule has 1 aliphatic carbocycles. The van der Waals surface area contributed by atoms with E-state index in [4.69, 9.17) is 15.2 Å². The van der Waals surface area contributed by atoms with Crippen molar-refractivity contribution < 1.29 is 19.1 Å². The molecule has 0 spiro atoms. The monoisotopic (exact) mass is 346 g/mol. The molecular formula is C19H26N2O4. The van der Waals surface area contributed by atoms with Crippen LogP contribution in [0.4, 0.5) is 0 Å². The van der Waals surface area contributed by atoms with Gasteiger partial charge in [0.15, 0.2) is 18.1 Å². The van der Waals surface area contributed by atoms with Crippen LogP contribution in [-0.4, -0.2) is 43.5 Å². The van der Waals surface area contributed by atoms with E-state index < -0.39 is 5.91 Å². The Bertz CT molecular complexity index is 636. The van der Waals surface area contributed by atoms with E-state index in [0.717, 1.165) is 18.4 Å². The Kier molecular flexibility index (Phi) is 6.86. The van der Waals surface area contributed by atoms with Crippen molar-refractivity contribution >= 4 is 17.9 Å². The van der Waals surface area contributed by atoms with E-state index in [1.165, 1.54) is 26.4 Å². The third kappa shape index (κ3) is 5.52. The van der Waals surface area contributed by atoms with E-state index in [2.05, 4.69) is 0 Å². The first-order valence-electron chi connectivity index (χ1n) is 8.55. The quantitative estimate of drug-likeness (QED) is 0.769. The summed E-state index contributed by atoms with van der Waals surface area (Å²) in [7, 11) is 3.38. The summed E-state index contributed by atoms with van der Waals surface area (Å²) in [6, 6.07) is 5.57. The largest absolute Gasteiger partial charge is 0.493 e. The highest BCUT2D eigenvalue weighted by atomic mass is 16.5. The molecule has 1 aromatic carbocycles. The summed E-state index contributed by atoms with van der Waals surface area (Å²) in [5.41, 5.74) is 5.89. The summed E-state index contributed by atoms with van der Waals surface area (Å²) >= 11 is 0. The number of ether oxygens (including phenoxy) is 2. The predicted octanol–water partition coefficient (Wildman–Crippen LogP) is 2.36. The fourth-order valence-electron chi connectivity index (χ4n) is 2.99. The van der Waals surface area contributed by atoms with Crippen LogP contribution in [0.1, 0.15) is 37.7 Å². The molecule has 0 aromatic heterocycles. The van der Waals surface area contributed by atoms with Gasteiger partial charge in [0.05, 0.1) is 7.11 Å². The zero-order chi connectivity index (χ0) is 18.2. The number of benzene rings is 1. The van der Waals surface area contributed by atoms with Gasteiger partial charge in [0.1, 0.15) is 0 Å². The summed E-state index contributed by atoms with van der Waals surface area (Å²) in [5.74, 6) is 0.364.